The Morgan fingerprint density at radius 1 is 1.31 bits per heavy atom. The fourth-order valence-electron chi connectivity index (χ4n) is 1.45. The lowest BCUT2D eigenvalue weighted by molar-refractivity contribution is 0.839. The molecule has 0 aromatic heterocycles. The fraction of sp³-hybridized carbons (Fsp3) is 0.500. The van der Waals surface area contributed by atoms with Gasteiger partial charge < -0.3 is 0 Å². The standard InChI is InChI=1S/C12H18S/c1-5-10-6-7-11(9(2)3)12(8-10)13-4/h6-9H,5H2,1-4H3. The van der Waals surface area contributed by atoms with E-state index in [1.807, 2.05) is 11.8 Å². The van der Waals surface area contributed by atoms with Gasteiger partial charge in [-0.05, 0) is 35.8 Å². The molecule has 1 aromatic rings. The van der Waals surface area contributed by atoms with Gasteiger partial charge >= 0.3 is 0 Å². The van der Waals surface area contributed by atoms with Crippen molar-refractivity contribution in [3.8, 4) is 0 Å². The summed E-state index contributed by atoms with van der Waals surface area (Å²) in [7, 11) is 0. The van der Waals surface area contributed by atoms with Crippen LogP contribution in [0.5, 0.6) is 0 Å². The largest absolute Gasteiger partial charge is 0.129 e. The third kappa shape index (κ3) is 2.50. The van der Waals surface area contributed by atoms with E-state index in [0.717, 1.165) is 6.42 Å². The number of hydrogen-bond donors (Lipinski definition) is 0. The monoisotopic (exact) mass is 194 g/mol. The summed E-state index contributed by atoms with van der Waals surface area (Å²) < 4.78 is 0. The summed E-state index contributed by atoms with van der Waals surface area (Å²) in [6.07, 6.45) is 3.28. The van der Waals surface area contributed by atoms with Crippen molar-refractivity contribution in [1.82, 2.24) is 0 Å². The zero-order chi connectivity index (χ0) is 9.84. The molecule has 0 N–H and O–H groups in total. The minimum Gasteiger partial charge on any atom is -0.129 e. The van der Waals surface area contributed by atoms with Crippen LogP contribution in [-0.2, 0) is 6.42 Å². The molecule has 1 rings (SSSR count). The van der Waals surface area contributed by atoms with Crippen LogP contribution in [0.3, 0.4) is 0 Å². The van der Waals surface area contributed by atoms with Gasteiger partial charge in [0.25, 0.3) is 0 Å². The summed E-state index contributed by atoms with van der Waals surface area (Å²) in [5.41, 5.74) is 2.92. The Bertz CT molecular complexity index is 276. The predicted octanol–water partition coefficient (Wildman–Crippen LogP) is 4.09. The molecule has 0 aliphatic carbocycles. The minimum atomic E-state index is 0.633. The lowest BCUT2D eigenvalue weighted by Crippen LogP contribution is -1.92. The van der Waals surface area contributed by atoms with Crippen molar-refractivity contribution >= 4 is 11.8 Å². The van der Waals surface area contributed by atoms with Crippen LogP contribution < -0.4 is 0 Å². The van der Waals surface area contributed by atoms with Gasteiger partial charge in [0.2, 0.25) is 0 Å². The van der Waals surface area contributed by atoms with Crippen molar-refractivity contribution in [2.24, 2.45) is 0 Å². The molecule has 0 saturated heterocycles. The summed E-state index contributed by atoms with van der Waals surface area (Å²) in [5, 5.41) is 0. The van der Waals surface area contributed by atoms with Gasteiger partial charge in [0.05, 0.1) is 0 Å². The Hall–Kier alpha value is -0.430. The average molecular weight is 194 g/mol. The van der Waals surface area contributed by atoms with Crippen LogP contribution in [0.15, 0.2) is 23.1 Å². The topological polar surface area (TPSA) is 0 Å². The molecule has 1 aromatic carbocycles. The third-order valence-corrected chi connectivity index (χ3v) is 3.12. The van der Waals surface area contributed by atoms with Gasteiger partial charge in [-0.25, -0.2) is 0 Å². The fourth-order valence-corrected chi connectivity index (χ4v) is 2.26. The Morgan fingerprint density at radius 2 is 2.00 bits per heavy atom. The highest BCUT2D eigenvalue weighted by Crippen LogP contribution is 2.27. The first-order chi connectivity index (χ1) is 6.19. The van der Waals surface area contributed by atoms with E-state index < -0.39 is 0 Å². The molecule has 0 atom stereocenters. The van der Waals surface area contributed by atoms with Crippen molar-refractivity contribution in [2.45, 2.75) is 38.0 Å². The second kappa shape index (κ2) is 4.71. The van der Waals surface area contributed by atoms with Crippen LogP contribution in [0.4, 0.5) is 0 Å². The molecule has 13 heavy (non-hydrogen) atoms. The molecule has 0 amide bonds. The molecule has 0 aliphatic rings. The molecule has 0 saturated carbocycles. The maximum absolute atomic E-state index is 2.32. The maximum atomic E-state index is 2.32. The van der Waals surface area contributed by atoms with Crippen LogP contribution in [-0.4, -0.2) is 6.26 Å². The van der Waals surface area contributed by atoms with E-state index >= 15 is 0 Å². The van der Waals surface area contributed by atoms with Crippen LogP contribution in [0, 0.1) is 0 Å². The van der Waals surface area contributed by atoms with Gasteiger partial charge in [-0.2, -0.15) is 0 Å². The molecule has 0 nitrogen and oxygen atoms in total. The first-order valence-electron chi connectivity index (χ1n) is 4.85. The number of thioether (sulfide) groups is 1. The molecular weight excluding hydrogens is 176 g/mol. The van der Waals surface area contributed by atoms with Gasteiger partial charge in [-0.1, -0.05) is 32.9 Å². The van der Waals surface area contributed by atoms with Crippen molar-refractivity contribution < 1.29 is 0 Å². The van der Waals surface area contributed by atoms with Crippen LogP contribution in [0.25, 0.3) is 0 Å². The molecule has 0 aliphatic heterocycles. The molecule has 0 spiro atoms. The second-order valence-corrected chi connectivity index (χ2v) is 4.43. The lowest BCUT2D eigenvalue weighted by Gasteiger charge is -2.11. The van der Waals surface area contributed by atoms with Gasteiger partial charge in [0, 0.05) is 4.90 Å². The summed E-state index contributed by atoms with van der Waals surface area (Å²) in [6, 6.07) is 6.84. The highest BCUT2D eigenvalue weighted by Gasteiger charge is 2.05. The van der Waals surface area contributed by atoms with Crippen LogP contribution in [0.2, 0.25) is 0 Å². The van der Waals surface area contributed by atoms with E-state index in [1.54, 1.807) is 0 Å². The zero-order valence-corrected chi connectivity index (χ0v) is 9.74. The Morgan fingerprint density at radius 3 is 2.46 bits per heavy atom. The van der Waals surface area contributed by atoms with Gasteiger partial charge in [-0.15, -0.1) is 11.8 Å². The highest BCUT2D eigenvalue weighted by atomic mass is 32.2. The number of rotatable bonds is 3. The first-order valence-corrected chi connectivity index (χ1v) is 6.08. The lowest BCUT2D eigenvalue weighted by atomic mass is 10.0. The molecule has 1 heteroatoms. The van der Waals surface area contributed by atoms with E-state index in [2.05, 4.69) is 45.2 Å². The molecule has 0 heterocycles. The first kappa shape index (κ1) is 10.6. The van der Waals surface area contributed by atoms with Gasteiger partial charge in [-0.3, -0.25) is 0 Å². The molecule has 0 radical (unpaired) electrons. The average Bonchev–Trinajstić information content (AvgIpc) is 2.16. The van der Waals surface area contributed by atoms with Gasteiger partial charge in [0.15, 0.2) is 0 Å². The molecular formula is C12H18S. The summed E-state index contributed by atoms with van der Waals surface area (Å²) in [4.78, 5) is 1.44. The van der Waals surface area contributed by atoms with E-state index in [4.69, 9.17) is 0 Å². The smallest absolute Gasteiger partial charge is 0.0106 e. The summed E-state index contributed by atoms with van der Waals surface area (Å²) in [5.74, 6) is 0.633. The maximum Gasteiger partial charge on any atom is 0.0106 e. The van der Waals surface area contributed by atoms with Gasteiger partial charge in [0.1, 0.15) is 0 Å². The number of benzene rings is 1. The van der Waals surface area contributed by atoms with E-state index in [0.29, 0.717) is 5.92 Å². The molecule has 72 valence electrons. The number of hydrogen-bond acceptors (Lipinski definition) is 1. The Kier molecular flexibility index (Phi) is 3.86. The Labute approximate surface area is 85.7 Å². The normalized spacial score (nSPS) is 10.8. The quantitative estimate of drug-likeness (QED) is 0.653. The van der Waals surface area contributed by atoms with Crippen molar-refractivity contribution in [3.63, 3.8) is 0 Å². The van der Waals surface area contributed by atoms with E-state index in [-0.39, 0.29) is 0 Å². The minimum absolute atomic E-state index is 0.633. The van der Waals surface area contributed by atoms with Crippen LogP contribution >= 0.6 is 11.8 Å². The number of aryl methyl sites for hydroxylation is 1. The molecule has 0 unspecified atom stereocenters. The van der Waals surface area contributed by atoms with Crippen molar-refractivity contribution in [3.05, 3.63) is 29.3 Å². The highest BCUT2D eigenvalue weighted by molar-refractivity contribution is 7.98. The summed E-state index contributed by atoms with van der Waals surface area (Å²) >= 11 is 1.85. The Balaban J connectivity index is 3.08. The van der Waals surface area contributed by atoms with E-state index in [9.17, 15) is 0 Å². The molecule has 0 bridgehead atoms. The predicted molar refractivity (Wildman–Crippen MR) is 61.7 cm³/mol. The molecule has 0 fully saturated rings. The van der Waals surface area contributed by atoms with Crippen molar-refractivity contribution in [2.75, 3.05) is 6.26 Å². The summed E-state index contributed by atoms with van der Waals surface area (Å²) in [6.45, 7) is 6.70. The van der Waals surface area contributed by atoms with Crippen LogP contribution in [0.1, 0.15) is 37.8 Å². The zero-order valence-electron chi connectivity index (χ0n) is 8.92. The van der Waals surface area contributed by atoms with E-state index in [1.165, 1.54) is 16.0 Å². The second-order valence-electron chi connectivity index (χ2n) is 3.58. The SMILES string of the molecule is CCc1ccc(C(C)C)c(SC)c1. The van der Waals surface area contributed by atoms with Crippen molar-refractivity contribution in [1.29, 1.82) is 0 Å². The third-order valence-electron chi connectivity index (χ3n) is 2.33.